The minimum Gasteiger partial charge on any atom is -0.491 e. The normalized spacial score (nSPS) is 13.1. The number of benzene rings is 1. The van der Waals surface area contributed by atoms with Crippen LogP contribution < -0.4 is 10.5 Å². The van der Waals surface area contributed by atoms with Gasteiger partial charge in [0.1, 0.15) is 17.0 Å². The summed E-state index contributed by atoms with van der Waals surface area (Å²) in [5.74, 6) is 0.674. The van der Waals surface area contributed by atoms with Gasteiger partial charge in [0.25, 0.3) is 0 Å². The first kappa shape index (κ1) is 14.3. The van der Waals surface area contributed by atoms with Crippen LogP contribution in [0, 0.1) is 0 Å². The van der Waals surface area contributed by atoms with Crippen LogP contribution in [0.4, 0.5) is 5.95 Å². The Balaban J connectivity index is 2.10. The second kappa shape index (κ2) is 5.11. The molecule has 116 valence electrons. The molecule has 3 aromatic rings. The van der Waals surface area contributed by atoms with Gasteiger partial charge in [0.05, 0.1) is 27.7 Å². The van der Waals surface area contributed by atoms with Crippen LogP contribution in [0.3, 0.4) is 0 Å². The van der Waals surface area contributed by atoms with E-state index in [0.29, 0.717) is 63.0 Å². The summed E-state index contributed by atoms with van der Waals surface area (Å²) < 4.78 is 5.58. The Kier molecular flexibility index (Phi) is 3.18. The number of nitrogens with one attached hydrogen (secondary N) is 1. The zero-order valence-electron chi connectivity index (χ0n) is 11.7. The lowest BCUT2D eigenvalue weighted by atomic mass is 10.0. The molecule has 1 aliphatic rings. The predicted octanol–water partition coefficient (Wildman–Crippen LogP) is 3.26. The number of H-pyrrole nitrogens is 1. The SMILES string of the molecule is Nc1nc(-c2c(Cl)cc(Cl)c3c2CCO3)c2[nH]cc(C=O)c2n1. The number of nitrogens with zero attached hydrogens (tertiary/aromatic N) is 2. The van der Waals surface area contributed by atoms with Crippen LogP contribution in [0.2, 0.25) is 10.0 Å². The number of hydrogen-bond acceptors (Lipinski definition) is 5. The van der Waals surface area contributed by atoms with Crippen LogP contribution in [-0.4, -0.2) is 27.8 Å². The molecule has 23 heavy (non-hydrogen) atoms. The van der Waals surface area contributed by atoms with E-state index in [2.05, 4.69) is 15.0 Å². The molecule has 8 heteroatoms. The van der Waals surface area contributed by atoms with Crippen molar-refractivity contribution in [2.45, 2.75) is 6.42 Å². The first-order valence-corrected chi connectivity index (χ1v) is 7.59. The fraction of sp³-hybridized carbons (Fsp3) is 0.133. The highest BCUT2D eigenvalue weighted by Crippen LogP contribution is 2.45. The van der Waals surface area contributed by atoms with Crippen molar-refractivity contribution >= 4 is 46.5 Å². The van der Waals surface area contributed by atoms with Crippen LogP contribution >= 0.6 is 23.2 Å². The van der Waals surface area contributed by atoms with Gasteiger partial charge in [0.2, 0.25) is 5.95 Å². The number of nitrogens with two attached hydrogens (primary N) is 1. The monoisotopic (exact) mass is 348 g/mol. The zero-order valence-corrected chi connectivity index (χ0v) is 13.2. The summed E-state index contributed by atoms with van der Waals surface area (Å²) >= 11 is 12.6. The summed E-state index contributed by atoms with van der Waals surface area (Å²) in [5, 5.41) is 0.908. The number of carbonyl (C=O) groups is 1. The fourth-order valence-electron chi connectivity index (χ4n) is 2.87. The number of aromatic nitrogens is 3. The van der Waals surface area contributed by atoms with E-state index in [1.54, 1.807) is 12.3 Å². The summed E-state index contributed by atoms with van der Waals surface area (Å²) in [5.41, 5.74) is 9.39. The van der Waals surface area contributed by atoms with Crippen molar-refractivity contribution in [3.05, 3.63) is 33.4 Å². The Morgan fingerprint density at radius 1 is 1.30 bits per heavy atom. The van der Waals surface area contributed by atoms with Gasteiger partial charge in [-0.2, -0.15) is 0 Å². The molecule has 0 fully saturated rings. The second-order valence-corrected chi connectivity index (χ2v) is 5.95. The summed E-state index contributed by atoms with van der Waals surface area (Å²) in [6, 6.07) is 1.62. The van der Waals surface area contributed by atoms with Crippen LogP contribution in [0.5, 0.6) is 5.75 Å². The average Bonchev–Trinajstić information content (AvgIpc) is 3.13. The number of rotatable bonds is 2. The molecule has 0 saturated carbocycles. The molecule has 0 spiro atoms. The summed E-state index contributed by atoms with van der Waals surface area (Å²) in [6.45, 7) is 0.524. The number of nitrogen functional groups attached to an aromatic ring is 1. The van der Waals surface area contributed by atoms with E-state index in [-0.39, 0.29) is 5.95 Å². The molecular formula is C15H10Cl2N4O2. The quantitative estimate of drug-likeness (QED) is 0.693. The third-order valence-corrected chi connectivity index (χ3v) is 4.40. The van der Waals surface area contributed by atoms with Gasteiger partial charge in [-0.15, -0.1) is 0 Å². The van der Waals surface area contributed by atoms with Gasteiger partial charge in [-0.3, -0.25) is 4.79 Å². The molecule has 3 N–H and O–H groups in total. The third-order valence-electron chi connectivity index (χ3n) is 3.82. The highest BCUT2D eigenvalue weighted by atomic mass is 35.5. The van der Waals surface area contributed by atoms with Crippen molar-refractivity contribution in [1.29, 1.82) is 0 Å². The highest BCUT2D eigenvalue weighted by Gasteiger charge is 2.26. The lowest BCUT2D eigenvalue weighted by Gasteiger charge is -2.12. The smallest absolute Gasteiger partial charge is 0.221 e. The van der Waals surface area contributed by atoms with E-state index < -0.39 is 0 Å². The molecule has 0 unspecified atom stereocenters. The highest BCUT2D eigenvalue weighted by molar-refractivity contribution is 6.38. The van der Waals surface area contributed by atoms with Crippen LogP contribution in [0.25, 0.3) is 22.3 Å². The number of aldehydes is 1. The maximum atomic E-state index is 11.2. The first-order chi connectivity index (χ1) is 11.1. The van der Waals surface area contributed by atoms with Crippen molar-refractivity contribution in [3.8, 4) is 17.0 Å². The van der Waals surface area contributed by atoms with Gasteiger partial charge in [0.15, 0.2) is 6.29 Å². The van der Waals surface area contributed by atoms with Gasteiger partial charge >= 0.3 is 0 Å². The molecule has 0 saturated heterocycles. The summed E-state index contributed by atoms with van der Waals surface area (Å²) in [6.07, 6.45) is 2.94. The number of hydrogen-bond donors (Lipinski definition) is 2. The Labute approximate surface area is 140 Å². The van der Waals surface area contributed by atoms with Crippen LogP contribution in [-0.2, 0) is 6.42 Å². The van der Waals surface area contributed by atoms with Crippen molar-refractivity contribution in [3.63, 3.8) is 0 Å². The zero-order chi connectivity index (χ0) is 16.1. The van der Waals surface area contributed by atoms with Gasteiger partial charge in [-0.25, -0.2) is 9.97 Å². The largest absolute Gasteiger partial charge is 0.491 e. The van der Waals surface area contributed by atoms with Crippen LogP contribution in [0.1, 0.15) is 15.9 Å². The maximum Gasteiger partial charge on any atom is 0.221 e. The van der Waals surface area contributed by atoms with E-state index >= 15 is 0 Å². The van der Waals surface area contributed by atoms with Crippen LogP contribution in [0.15, 0.2) is 12.3 Å². The predicted molar refractivity (Wildman–Crippen MR) is 88.3 cm³/mol. The summed E-state index contributed by atoms with van der Waals surface area (Å²) in [4.78, 5) is 22.6. The summed E-state index contributed by atoms with van der Waals surface area (Å²) in [7, 11) is 0. The maximum absolute atomic E-state index is 11.2. The molecule has 1 aromatic carbocycles. The molecule has 3 heterocycles. The van der Waals surface area contributed by atoms with Gasteiger partial charge in [0, 0.05) is 23.7 Å². The minimum absolute atomic E-state index is 0.0638. The molecule has 0 aliphatic carbocycles. The number of anilines is 1. The molecular weight excluding hydrogens is 339 g/mol. The van der Waals surface area contributed by atoms with Gasteiger partial charge in [-0.1, -0.05) is 23.2 Å². The fourth-order valence-corrected chi connectivity index (χ4v) is 3.52. The molecule has 4 rings (SSSR count). The number of carbonyl (C=O) groups excluding carboxylic acids is 1. The van der Waals surface area contributed by atoms with Crippen molar-refractivity contribution in [1.82, 2.24) is 15.0 Å². The molecule has 1 aliphatic heterocycles. The number of ether oxygens (including phenoxy) is 1. The number of fused-ring (bicyclic) bond motifs is 2. The van der Waals surface area contributed by atoms with E-state index in [9.17, 15) is 4.79 Å². The molecule has 0 radical (unpaired) electrons. The molecule has 0 amide bonds. The lowest BCUT2D eigenvalue weighted by Crippen LogP contribution is -2.00. The topological polar surface area (TPSA) is 93.9 Å². The van der Waals surface area contributed by atoms with Crippen molar-refractivity contribution in [2.75, 3.05) is 12.3 Å². The lowest BCUT2D eigenvalue weighted by molar-refractivity contribution is 0.112. The van der Waals surface area contributed by atoms with E-state index in [4.69, 9.17) is 33.7 Å². The average molecular weight is 349 g/mol. The molecule has 0 atom stereocenters. The number of halogens is 2. The molecule has 6 nitrogen and oxygen atoms in total. The Morgan fingerprint density at radius 2 is 2.13 bits per heavy atom. The van der Waals surface area contributed by atoms with Crippen molar-refractivity contribution < 1.29 is 9.53 Å². The third kappa shape index (κ3) is 2.06. The van der Waals surface area contributed by atoms with E-state index in [1.165, 1.54) is 0 Å². The first-order valence-electron chi connectivity index (χ1n) is 6.84. The second-order valence-electron chi connectivity index (χ2n) is 5.14. The molecule has 2 aromatic heterocycles. The van der Waals surface area contributed by atoms with E-state index in [0.717, 1.165) is 5.56 Å². The number of aromatic amines is 1. The minimum atomic E-state index is 0.0638. The van der Waals surface area contributed by atoms with Gasteiger partial charge < -0.3 is 15.5 Å². The molecule has 0 bridgehead atoms. The Morgan fingerprint density at radius 3 is 2.91 bits per heavy atom. The Hall–Kier alpha value is -2.31. The standard InChI is InChI=1S/C15H10Cl2N4O2/c16-8-3-9(17)14-7(1-2-23-14)10(8)12-13-11(20-15(18)21-12)6(5-22)4-19-13/h3-5,19H,1-2H2,(H2,18,20,21). The van der Waals surface area contributed by atoms with Crippen molar-refractivity contribution in [2.24, 2.45) is 0 Å². The Bertz CT molecular complexity index is 968. The van der Waals surface area contributed by atoms with E-state index in [1.807, 2.05) is 0 Å². The van der Waals surface area contributed by atoms with Gasteiger partial charge in [-0.05, 0) is 6.07 Å².